The van der Waals surface area contributed by atoms with Crippen LogP contribution in [0.4, 0.5) is 5.69 Å². The minimum Gasteiger partial charge on any atom is -0.253 e. The zero-order valence-electron chi connectivity index (χ0n) is 14.4. The maximum absolute atomic E-state index is 4.66. The number of allylic oxidation sites excluding steroid dienone is 7. The first-order valence-corrected chi connectivity index (χ1v) is 8.24. The zero-order chi connectivity index (χ0) is 17.9. The summed E-state index contributed by atoms with van der Waals surface area (Å²) in [7, 11) is 0. The summed E-state index contributed by atoms with van der Waals surface area (Å²) >= 11 is 0. The third-order valence-corrected chi connectivity index (χ3v) is 3.67. The highest BCUT2D eigenvalue weighted by molar-refractivity contribution is 5.97. The van der Waals surface area contributed by atoms with Crippen LogP contribution in [0.3, 0.4) is 0 Å². The molecule has 0 saturated carbocycles. The molecule has 0 aromatic heterocycles. The smallest absolute Gasteiger partial charge is 0.0633 e. The molecule has 2 aromatic rings. The topological polar surface area (TPSA) is 12.4 Å². The van der Waals surface area contributed by atoms with Gasteiger partial charge in [0.1, 0.15) is 0 Å². The molecule has 2 rings (SSSR count). The summed E-state index contributed by atoms with van der Waals surface area (Å²) in [5.74, 6) is 0. The van der Waals surface area contributed by atoms with Crippen LogP contribution in [0.1, 0.15) is 6.42 Å². The number of hydrogen-bond acceptors (Lipinski definition) is 1. The monoisotopic (exact) mass is 325 g/mol. The van der Waals surface area contributed by atoms with E-state index in [9.17, 15) is 0 Å². The molecule has 0 aliphatic heterocycles. The molecule has 0 bridgehead atoms. The highest BCUT2D eigenvalue weighted by Crippen LogP contribution is 2.22. The van der Waals surface area contributed by atoms with E-state index in [4.69, 9.17) is 0 Å². The molecule has 0 atom stereocenters. The number of benzene rings is 2. The summed E-state index contributed by atoms with van der Waals surface area (Å²) in [6, 6.07) is 18.6. The molecule has 1 nitrogen and oxygen atoms in total. The lowest BCUT2D eigenvalue weighted by atomic mass is 10.1. The van der Waals surface area contributed by atoms with Crippen LogP contribution >= 0.6 is 0 Å². The van der Waals surface area contributed by atoms with E-state index in [0.29, 0.717) is 6.42 Å². The van der Waals surface area contributed by atoms with Gasteiger partial charge < -0.3 is 0 Å². The van der Waals surface area contributed by atoms with Crippen molar-refractivity contribution < 1.29 is 0 Å². The van der Waals surface area contributed by atoms with Crippen molar-refractivity contribution in [2.45, 2.75) is 6.42 Å². The molecule has 0 saturated heterocycles. The zero-order valence-corrected chi connectivity index (χ0v) is 14.4. The second-order valence-electron chi connectivity index (χ2n) is 5.43. The molecule has 0 spiro atoms. The fourth-order valence-corrected chi connectivity index (χ4v) is 2.34. The lowest BCUT2D eigenvalue weighted by Crippen LogP contribution is -1.89. The third kappa shape index (κ3) is 5.74. The Labute approximate surface area is 150 Å². The van der Waals surface area contributed by atoms with Gasteiger partial charge in [0.2, 0.25) is 0 Å². The Bertz CT molecular complexity index is 803. The molecular formula is C24H23N. The van der Waals surface area contributed by atoms with Crippen LogP contribution in [0.25, 0.3) is 11.1 Å². The third-order valence-electron chi connectivity index (χ3n) is 3.67. The van der Waals surface area contributed by atoms with Crippen LogP contribution in [0, 0.1) is 0 Å². The first-order chi connectivity index (χ1) is 12.3. The summed E-state index contributed by atoms with van der Waals surface area (Å²) in [5.41, 5.74) is 5.26. The van der Waals surface area contributed by atoms with Crippen LogP contribution in [0.5, 0.6) is 0 Å². The minimum absolute atomic E-state index is 0.715. The lowest BCUT2D eigenvalue weighted by molar-refractivity contribution is 1.41. The van der Waals surface area contributed by atoms with Gasteiger partial charge in [-0.25, -0.2) is 0 Å². The molecule has 25 heavy (non-hydrogen) atoms. The second-order valence-corrected chi connectivity index (χ2v) is 5.43. The van der Waals surface area contributed by atoms with E-state index < -0.39 is 0 Å². The van der Waals surface area contributed by atoms with Gasteiger partial charge in [-0.05, 0) is 34.9 Å². The highest BCUT2D eigenvalue weighted by atomic mass is 14.7. The minimum atomic E-state index is 0.715. The van der Waals surface area contributed by atoms with Gasteiger partial charge in [0, 0.05) is 12.1 Å². The van der Waals surface area contributed by atoms with Gasteiger partial charge in [-0.2, -0.15) is 0 Å². The molecular weight excluding hydrogens is 302 g/mol. The van der Waals surface area contributed by atoms with E-state index in [2.05, 4.69) is 55.1 Å². The van der Waals surface area contributed by atoms with Gasteiger partial charge >= 0.3 is 0 Å². The van der Waals surface area contributed by atoms with E-state index in [1.54, 1.807) is 18.2 Å². The Morgan fingerprint density at radius 1 is 0.840 bits per heavy atom. The van der Waals surface area contributed by atoms with Gasteiger partial charge in [-0.15, -0.1) is 0 Å². The van der Waals surface area contributed by atoms with Gasteiger partial charge in [0.15, 0.2) is 0 Å². The van der Waals surface area contributed by atoms with Crippen molar-refractivity contribution in [1.29, 1.82) is 0 Å². The largest absolute Gasteiger partial charge is 0.253 e. The molecule has 0 heterocycles. The Morgan fingerprint density at radius 3 is 2.12 bits per heavy atom. The number of nitrogens with zero attached hydrogens (tertiary/aromatic N) is 1. The van der Waals surface area contributed by atoms with Crippen molar-refractivity contribution in [3.63, 3.8) is 0 Å². The predicted octanol–water partition coefficient (Wildman–Crippen LogP) is 6.86. The van der Waals surface area contributed by atoms with Crippen LogP contribution in [0.2, 0.25) is 0 Å². The van der Waals surface area contributed by atoms with Crippen molar-refractivity contribution in [1.82, 2.24) is 0 Å². The SMILES string of the molecule is C=C/C=C(C=C)/C=C/CC(C=C)=Nc1ccc(-c2ccccc2)cc1. The summed E-state index contributed by atoms with van der Waals surface area (Å²) in [6.07, 6.45) is 12.0. The van der Waals surface area contributed by atoms with Crippen LogP contribution in [0.15, 0.2) is 121 Å². The maximum atomic E-state index is 4.66. The molecule has 0 fully saturated rings. The van der Waals surface area contributed by atoms with Crippen molar-refractivity contribution in [2.75, 3.05) is 0 Å². The molecule has 0 amide bonds. The second kappa shape index (κ2) is 9.84. The van der Waals surface area contributed by atoms with E-state index in [1.807, 2.05) is 42.5 Å². The van der Waals surface area contributed by atoms with Crippen molar-refractivity contribution in [2.24, 2.45) is 4.99 Å². The predicted molar refractivity (Wildman–Crippen MR) is 111 cm³/mol. The van der Waals surface area contributed by atoms with E-state index in [-0.39, 0.29) is 0 Å². The Morgan fingerprint density at radius 2 is 1.52 bits per heavy atom. The molecule has 2 aromatic carbocycles. The standard InChI is InChI=1S/C24H23N/c1-4-11-20(5-2)12-10-15-23(6-3)25-24-18-16-22(17-19-24)21-13-8-7-9-14-21/h4-14,16-19H,1-3,15H2/b12-10+,20-11+,25-23?. The van der Waals surface area contributed by atoms with Crippen molar-refractivity contribution >= 4 is 11.4 Å². The quantitative estimate of drug-likeness (QED) is 0.371. The highest BCUT2D eigenvalue weighted by Gasteiger charge is 1.98. The molecule has 124 valence electrons. The van der Waals surface area contributed by atoms with Crippen molar-refractivity contribution in [3.05, 3.63) is 116 Å². The van der Waals surface area contributed by atoms with Crippen molar-refractivity contribution in [3.8, 4) is 11.1 Å². The average Bonchev–Trinajstić information content (AvgIpc) is 2.67. The van der Waals surface area contributed by atoms with Gasteiger partial charge in [-0.3, -0.25) is 4.99 Å². The summed E-state index contributed by atoms with van der Waals surface area (Å²) in [4.78, 5) is 4.66. The van der Waals surface area contributed by atoms with Crippen LogP contribution in [-0.4, -0.2) is 5.71 Å². The number of aliphatic imine (C=N–C) groups is 1. The maximum Gasteiger partial charge on any atom is 0.0633 e. The normalized spacial score (nSPS) is 12.2. The molecule has 0 aliphatic rings. The molecule has 0 radical (unpaired) electrons. The first kappa shape index (κ1) is 18.2. The van der Waals surface area contributed by atoms with E-state index in [0.717, 1.165) is 17.0 Å². The summed E-state index contributed by atoms with van der Waals surface area (Å²) in [5, 5.41) is 0. The number of rotatable bonds is 8. The Hall–Kier alpha value is -3.19. The Balaban J connectivity index is 2.10. The van der Waals surface area contributed by atoms with Gasteiger partial charge in [0.25, 0.3) is 0 Å². The van der Waals surface area contributed by atoms with Crippen LogP contribution < -0.4 is 0 Å². The van der Waals surface area contributed by atoms with Gasteiger partial charge in [0.05, 0.1) is 5.69 Å². The van der Waals surface area contributed by atoms with E-state index >= 15 is 0 Å². The van der Waals surface area contributed by atoms with E-state index in [1.165, 1.54) is 11.1 Å². The average molecular weight is 325 g/mol. The van der Waals surface area contributed by atoms with Crippen LogP contribution in [-0.2, 0) is 0 Å². The molecule has 0 aliphatic carbocycles. The summed E-state index contributed by atoms with van der Waals surface area (Å²) < 4.78 is 0. The molecule has 1 heteroatoms. The fourth-order valence-electron chi connectivity index (χ4n) is 2.34. The Kier molecular flexibility index (Phi) is 7.14. The first-order valence-electron chi connectivity index (χ1n) is 8.24. The molecule has 0 unspecified atom stereocenters. The van der Waals surface area contributed by atoms with Gasteiger partial charge in [-0.1, -0.05) is 92.6 Å². The number of hydrogen-bond donors (Lipinski definition) is 0. The molecule has 0 N–H and O–H groups in total. The summed E-state index contributed by atoms with van der Waals surface area (Å²) in [6.45, 7) is 11.3. The lowest BCUT2D eigenvalue weighted by Gasteiger charge is -2.03. The fraction of sp³-hybridized carbons (Fsp3) is 0.0417.